The monoisotopic (exact) mass is 517 g/mol. The highest BCUT2D eigenvalue weighted by Crippen LogP contribution is 2.50. The van der Waals surface area contributed by atoms with Crippen LogP contribution in [0.1, 0.15) is 34.3 Å². The van der Waals surface area contributed by atoms with E-state index in [1.807, 2.05) is 53.1 Å². The van der Waals surface area contributed by atoms with Gasteiger partial charge in [-0.2, -0.15) is 0 Å². The fraction of sp³-hybridized carbons (Fsp3) is 0.310. The first-order chi connectivity index (χ1) is 18.0. The molecule has 190 valence electrons. The van der Waals surface area contributed by atoms with Gasteiger partial charge in [0, 0.05) is 24.7 Å². The lowest BCUT2D eigenvalue weighted by Crippen LogP contribution is -2.35. The first kappa shape index (κ1) is 24.0. The third kappa shape index (κ3) is 4.27. The molecule has 0 unspecified atom stereocenters. The number of carbonyl (C=O) groups excluding carboxylic acids is 1. The summed E-state index contributed by atoms with van der Waals surface area (Å²) in [6.07, 6.45) is 1.61. The summed E-state index contributed by atoms with van der Waals surface area (Å²) in [4.78, 5) is 28.7. The molecule has 2 heterocycles. The zero-order valence-electron chi connectivity index (χ0n) is 20.7. The number of imidazole rings is 1. The molecular formula is C29H28ClN3O4. The maximum atomic E-state index is 14.1. The van der Waals surface area contributed by atoms with Crippen LogP contribution in [0.4, 0.5) is 0 Å². The van der Waals surface area contributed by atoms with Gasteiger partial charge in [0.25, 0.3) is 0 Å². The number of hydrogen-bond acceptors (Lipinski definition) is 5. The predicted octanol–water partition coefficient (Wildman–Crippen LogP) is 4.60. The molecule has 1 aromatic heterocycles. The van der Waals surface area contributed by atoms with Crippen LogP contribution in [-0.2, 0) is 21.6 Å². The summed E-state index contributed by atoms with van der Waals surface area (Å²) < 4.78 is 14.0. The lowest BCUT2D eigenvalue weighted by molar-refractivity contribution is 0.0342. The van der Waals surface area contributed by atoms with Crippen molar-refractivity contribution in [2.24, 2.45) is 0 Å². The lowest BCUT2D eigenvalue weighted by atomic mass is 10.0. The average molecular weight is 518 g/mol. The molecule has 0 amide bonds. The number of esters is 1. The summed E-state index contributed by atoms with van der Waals surface area (Å²) in [7, 11) is 1.37. The van der Waals surface area contributed by atoms with Crippen molar-refractivity contribution in [1.29, 1.82) is 0 Å². The SMILES string of the molecule is COC(=O)c1cccc(C2(n3c(=O)n(-c4ccc(CN5CCOCC5)cc4)c4cc(Cl)ccc43)CC2)c1. The molecule has 0 N–H and O–H groups in total. The highest BCUT2D eigenvalue weighted by molar-refractivity contribution is 6.31. The fourth-order valence-electron chi connectivity index (χ4n) is 5.42. The van der Waals surface area contributed by atoms with Crippen molar-refractivity contribution in [1.82, 2.24) is 14.0 Å². The van der Waals surface area contributed by atoms with Crippen molar-refractivity contribution in [3.8, 4) is 5.69 Å². The van der Waals surface area contributed by atoms with E-state index < -0.39 is 11.5 Å². The first-order valence-corrected chi connectivity index (χ1v) is 12.9. The second-order valence-corrected chi connectivity index (χ2v) is 10.2. The molecule has 8 heteroatoms. The highest BCUT2D eigenvalue weighted by Gasteiger charge is 2.49. The van der Waals surface area contributed by atoms with Gasteiger partial charge in [0.05, 0.1) is 48.1 Å². The van der Waals surface area contributed by atoms with Gasteiger partial charge in [0.15, 0.2) is 0 Å². The summed E-state index contributed by atoms with van der Waals surface area (Å²) in [5.41, 5.74) is 4.31. The number of rotatable bonds is 6. The molecule has 0 radical (unpaired) electrons. The Labute approximate surface area is 219 Å². The number of benzene rings is 3. The van der Waals surface area contributed by atoms with Gasteiger partial charge >= 0.3 is 11.7 Å². The topological polar surface area (TPSA) is 65.7 Å². The van der Waals surface area contributed by atoms with Crippen LogP contribution in [0.15, 0.2) is 71.5 Å². The molecular weight excluding hydrogens is 490 g/mol. The molecule has 37 heavy (non-hydrogen) atoms. The number of ether oxygens (including phenoxy) is 2. The minimum absolute atomic E-state index is 0.126. The van der Waals surface area contributed by atoms with Crippen LogP contribution in [0.3, 0.4) is 0 Å². The maximum Gasteiger partial charge on any atom is 0.337 e. The Morgan fingerprint density at radius 2 is 1.76 bits per heavy atom. The molecule has 3 aromatic carbocycles. The summed E-state index contributed by atoms with van der Waals surface area (Å²) in [5, 5.41) is 0.569. The van der Waals surface area contributed by atoms with E-state index in [1.54, 1.807) is 10.6 Å². The van der Waals surface area contributed by atoms with E-state index in [0.717, 1.165) is 68.0 Å². The van der Waals surface area contributed by atoms with Gasteiger partial charge in [-0.3, -0.25) is 14.0 Å². The zero-order chi connectivity index (χ0) is 25.6. The largest absolute Gasteiger partial charge is 0.465 e. The molecule has 4 aromatic rings. The van der Waals surface area contributed by atoms with E-state index in [-0.39, 0.29) is 5.69 Å². The molecule has 0 spiro atoms. The van der Waals surface area contributed by atoms with Crippen LogP contribution < -0.4 is 5.69 Å². The average Bonchev–Trinajstić information content (AvgIpc) is 3.67. The van der Waals surface area contributed by atoms with Gasteiger partial charge in [-0.1, -0.05) is 35.9 Å². The normalized spacial score (nSPS) is 17.1. The minimum Gasteiger partial charge on any atom is -0.465 e. The van der Waals surface area contributed by atoms with Crippen molar-refractivity contribution in [3.05, 3.63) is 98.9 Å². The summed E-state index contributed by atoms with van der Waals surface area (Å²) in [6.45, 7) is 4.22. The van der Waals surface area contributed by atoms with Crippen LogP contribution in [0.25, 0.3) is 16.7 Å². The number of nitrogens with zero attached hydrogens (tertiary/aromatic N) is 3. The van der Waals surface area contributed by atoms with Crippen molar-refractivity contribution >= 4 is 28.6 Å². The molecule has 1 saturated carbocycles. The predicted molar refractivity (Wildman–Crippen MR) is 143 cm³/mol. The smallest absolute Gasteiger partial charge is 0.337 e. The summed E-state index contributed by atoms with van der Waals surface area (Å²) in [5.74, 6) is -0.392. The van der Waals surface area contributed by atoms with E-state index in [9.17, 15) is 9.59 Å². The number of morpholine rings is 1. The summed E-state index contributed by atoms with van der Waals surface area (Å²) >= 11 is 6.40. The third-order valence-electron chi connectivity index (χ3n) is 7.48. The highest BCUT2D eigenvalue weighted by atomic mass is 35.5. The number of aromatic nitrogens is 2. The number of carbonyl (C=O) groups is 1. The number of fused-ring (bicyclic) bond motifs is 1. The Balaban J connectivity index is 1.43. The Morgan fingerprint density at radius 1 is 1.00 bits per heavy atom. The third-order valence-corrected chi connectivity index (χ3v) is 7.71. The van der Waals surface area contributed by atoms with E-state index in [2.05, 4.69) is 17.0 Å². The van der Waals surface area contributed by atoms with Crippen LogP contribution in [0, 0.1) is 0 Å². The summed E-state index contributed by atoms with van der Waals surface area (Å²) in [6, 6.07) is 21.1. The molecule has 1 aliphatic carbocycles. The quantitative estimate of drug-likeness (QED) is 0.350. The maximum absolute atomic E-state index is 14.1. The van der Waals surface area contributed by atoms with Crippen LogP contribution in [0.2, 0.25) is 5.02 Å². The molecule has 0 atom stereocenters. The van der Waals surface area contributed by atoms with Crippen molar-refractivity contribution < 1.29 is 14.3 Å². The van der Waals surface area contributed by atoms with E-state index in [4.69, 9.17) is 21.1 Å². The molecule has 2 aliphatic rings. The van der Waals surface area contributed by atoms with Gasteiger partial charge in [0.1, 0.15) is 0 Å². The van der Waals surface area contributed by atoms with Crippen LogP contribution >= 0.6 is 11.6 Å². The molecule has 1 aliphatic heterocycles. The van der Waals surface area contributed by atoms with E-state index in [1.165, 1.54) is 12.7 Å². The zero-order valence-corrected chi connectivity index (χ0v) is 21.4. The molecule has 1 saturated heterocycles. The Morgan fingerprint density at radius 3 is 2.46 bits per heavy atom. The standard InChI is InChI=1S/C29H28ClN3O4/c1-36-27(34)21-3-2-4-22(17-21)29(11-12-29)33-25-10-7-23(30)18-26(25)32(28(33)35)24-8-5-20(6-9-24)19-31-13-15-37-16-14-31/h2-10,17-18H,11-16,19H2,1H3. The molecule has 6 rings (SSSR count). The second kappa shape index (κ2) is 9.49. The van der Waals surface area contributed by atoms with Gasteiger partial charge < -0.3 is 9.47 Å². The fourth-order valence-corrected chi connectivity index (χ4v) is 5.58. The van der Waals surface area contributed by atoms with Gasteiger partial charge in [0.2, 0.25) is 0 Å². The Bertz CT molecular complexity index is 1530. The van der Waals surface area contributed by atoms with Gasteiger partial charge in [-0.15, -0.1) is 0 Å². The van der Waals surface area contributed by atoms with E-state index >= 15 is 0 Å². The second-order valence-electron chi connectivity index (χ2n) is 9.75. The molecule has 2 fully saturated rings. The number of hydrogen-bond donors (Lipinski definition) is 0. The minimum atomic E-state index is -0.519. The van der Waals surface area contributed by atoms with Crippen LogP contribution in [-0.4, -0.2) is 53.4 Å². The number of halogens is 1. The van der Waals surface area contributed by atoms with Crippen LogP contribution in [0.5, 0.6) is 0 Å². The van der Waals surface area contributed by atoms with Crippen molar-refractivity contribution in [2.75, 3.05) is 33.4 Å². The Hall–Kier alpha value is -3.39. The Kier molecular flexibility index (Phi) is 6.15. The first-order valence-electron chi connectivity index (χ1n) is 12.5. The van der Waals surface area contributed by atoms with Gasteiger partial charge in [-0.25, -0.2) is 9.59 Å². The van der Waals surface area contributed by atoms with E-state index in [0.29, 0.717) is 10.6 Å². The van der Waals surface area contributed by atoms with Gasteiger partial charge in [-0.05, 0) is 66.4 Å². The molecule has 7 nitrogen and oxygen atoms in total. The van der Waals surface area contributed by atoms with Crippen molar-refractivity contribution in [3.63, 3.8) is 0 Å². The van der Waals surface area contributed by atoms with Crippen molar-refractivity contribution in [2.45, 2.75) is 24.9 Å². The molecule has 0 bridgehead atoms. The lowest BCUT2D eigenvalue weighted by Gasteiger charge is -2.26. The number of methoxy groups -OCH3 is 1.